The van der Waals surface area contributed by atoms with Crippen LogP contribution in [0.25, 0.3) is 10.8 Å². The maximum Gasteiger partial charge on any atom is 0.223 e. The van der Waals surface area contributed by atoms with Gasteiger partial charge in [0.15, 0.2) is 0 Å². The molecular formula is C15H10Br2N2O. The molecule has 0 aliphatic heterocycles. The monoisotopic (exact) mass is 392 g/mol. The highest BCUT2D eigenvalue weighted by molar-refractivity contribution is 9.11. The van der Waals surface area contributed by atoms with Crippen LogP contribution in [0.3, 0.4) is 0 Å². The molecule has 2 aromatic carbocycles. The lowest BCUT2D eigenvalue weighted by Gasteiger charge is -2.09. The van der Waals surface area contributed by atoms with Gasteiger partial charge >= 0.3 is 0 Å². The predicted octanol–water partition coefficient (Wildman–Crippen LogP) is 5.26. The molecule has 1 aromatic heterocycles. The van der Waals surface area contributed by atoms with Crippen LogP contribution < -0.4 is 4.74 Å². The van der Waals surface area contributed by atoms with Crippen LogP contribution in [0.15, 0.2) is 51.5 Å². The maximum atomic E-state index is 5.85. The second-order valence-corrected chi connectivity index (χ2v) is 5.88. The molecule has 0 saturated carbocycles. The molecule has 3 rings (SSSR count). The highest BCUT2D eigenvalue weighted by Crippen LogP contribution is 2.35. The minimum absolute atomic E-state index is 0.514. The van der Waals surface area contributed by atoms with E-state index in [0.717, 1.165) is 21.0 Å². The van der Waals surface area contributed by atoms with Gasteiger partial charge < -0.3 is 4.74 Å². The third-order valence-corrected chi connectivity index (χ3v) is 4.05. The molecule has 100 valence electrons. The summed E-state index contributed by atoms with van der Waals surface area (Å²) < 4.78 is 7.48. The van der Waals surface area contributed by atoms with Gasteiger partial charge in [0.05, 0.1) is 4.47 Å². The van der Waals surface area contributed by atoms with E-state index in [2.05, 4.69) is 47.9 Å². The van der Waals surface area contributed by atoms with Crippen LogP contribution in [-0.4, -0.2) is 9.97 Å². The number of aromatic nitrogens is 2. The van der Waals surface area contributed by atoms with Crippen molar-refractivity contribution in [3.8, 4) is 11.6 Å². The Morgan fingerprint density at radius 2 is 1.80 bits per heavy atom. The molecule has 0 N–H and O–H groups in total. The van der Waals surface area contributed by atoms with Gasteiger partial charge in [-0.25, -0.2) is 4.98 Å². The standard InChI is InChI=1S/C15H10Br2N2O/c1-9-18-13(16)8-14(19-9)20-12-7-6-10-4-2-3-5-11(10)15(12)17/h2-8H,1H3. The molecule has 0 aliphatic rings. The summed E-state index contributed by atoms with van der Waals surface area (Å²) in [4.78, 5) is 8.43. The van der Waals surface area contributed by atoms with Gasteiger partial charge in [0.2, 0.25) is 5.88 Å². The van der Waals surface area contributed by atoms with Crippen LogP contribution >= 0.6 is 31.9 Å². The van der Waals surface area contributed by atoms with Crippen molar-refractivity contribution in [2.75, 3.05) is 0 Å². The van der Waals surface area contributed by atoms with Gasteiger partial charge in [0.1, 0.15) is 16.2 Å². The number of benzene rings is 2. The number of nitrogens with zero attached hydrogens (tertiary/aromatic N) is 2. The zero-order valence-corrected chi connectivity index (χ0v) is 13.8. The lowest BCUT2D eigenvalue weighted by molar-refractivity contribution is 0.457. The molecule has 5 heteroatoms. The zero-order valence-electron chi connectivity index (χ0n) is 10.6. The number of ether oxygens (including phenoxy) is 1. The summed E-state index contributed by atoms with van der Waals surface area (Å²) in [6.07, 6.45) is 0. The second-order valence-electron chi connectivity index (χ2n) is 4.28. The Bertz CT molecular complexity index is 770. The molecule has 0 saturated heterocycles. The minimum atomic E-state index is 0.514. The van der Waals surface area contributed by atoms with Crippen LogP contribution in [0, 0.1) is 6.92 Å². The number of hydrogen-bond acceptors (Lipinski definition) is 3. The van der Waals surface area contributed by atoms with Crippen molar-refractivity contribution in [3.63, 3.8) is 0 Å². The minimum Gasteiger partial charge on any atom is -0.438 e. The first kappa shape index (κ1) is 13.5. The molecule has 0 amide bonds. The summed E-state index contributed by atoms with van der Waals surface area (Å²) in [6.45, 7) is 1.83. The van der Waals surface area contributed by atoms with Crippen LogP contribution in [0.5, 0.6) is 11.6 Å². The van der Waals surface area contributed by atoms with Crippen molar-refractivity contribution in [2.45, 2.75) is 6.92 Å². The smallest absolute Gasteiger partial charge is 0.223 e. The lowest BCUT2D eigenvalue weighted by Crippen LogP contribution is -1.94. The molecule has 3 aromatic rings. The number of aryl methyl sites for hydroxylation is 1. The Labute approximate surface area is 133 Å². The van der Waals surface area contributed by atoms with Gasteiger partial charge in [-0.1, -0.05) is 30.3 Å². The summed E-state index contributed by atoms with van der Waals surface area (Å²) in [7, 11) is 0. The topological polar surface area (TPSA) is 35.0 Å². The first-order chi connectivity index (χ1) is 9.63. The molecule has 0 aliphatic carbocycles. The van der Waals surface area contributed by atoms with Crippen molar-refractivity contribution >= 4 is 42.6 Å². The normalized spacial score (nSPS) is 10.8. The maximum absolute atomic E-state index is 5.85. The SMILES string of the molecule is Cc1nc(Br)cc(Oc2ccc3ccccc3c2Br)n1. The number of rotatable bonds is 2. The van der Waals surface area contributed by atoms with Crippen LogP contribution in [0.1, 0.15) is 5.82 Å². The third-order valence-electron chi connectivity index (χ3n) is 2.83. The van der Waals surface area contributed by atoms with E-state index in [1.165, 1.54) is 0 Å². The van der Waals surface area contributed by atoms with Gasteiger partial charge in [-0.05, 0) is 55.6 Å². The third kappa shape index (κ3) is 2.69. The van der Waals surface area contributed by atoms with E-state index in [1.54, 1.807) is 6.07 Å². The average Bonchev–Trinajstić information content (AvgIpc) is 2.41. The Morgan fingerprint density at radius 3 is 2.60 bits per heavy atom. The van der Waals surface area contributed by atoms with E-state index in [-0.39, 0.29) is 0 Å². The van der Waals surface area contributed by atoms with Crippen molar-refractivity contribution in [1.29, 1.82) is 0 Å². The average molecular weight is 394 g/mol. The number of halogens is 2. The van der Waals surface area contributed by atoms with Crippen molar-refractivity contribution in [2.24, 2.45) is 0 Å². The van der Waals surface area contributed by atoms with Crippen LogP contribution in [0.4, 0.5) is 0 Å². The summed E-state index contributed by atoms with van der Waals surface area (Å²) >= 11 is 6.94. The fraction of sp³-hybridized carbons (Fsp3) is 0.0667. The van der Waals surface area contributed by atoms with Crippen molar-refractivity contribution < 1.29 is 4.74 Å². The summed E-state index contributed by atoms with van der Waals surface area (Å²) in [5.41, 5.74) is 0. The van der Waals surface area contributed by atoms with Gasteiger partial charge in [0.25, 0.3) is 0 Å². The molecule has 0 atom stereocenters. The predicted molar refractivity (Wildman–Crippen MR) is 86.2 cm³/mol. The van der Waals surface area contributed by atoms with Crippen LogP contribution in [0.2, 0.25) is 0 Å². The second kappa shape index (κ2) is 5.50. The Morgan fingerprint density at radius 1 is 1.00 bits per heavy atom. The first-order valence-electron chi connectivity index (χ1n) is 6.00. The first-order valence-corrected chi connectivity index (χ1v) is 7.58. The summed E-state index contributed by atoms with van der Waals surface area (Å²) in [6, 6.07) is 13.8. The molecule has 0 fully saturated rings. The Hall–Kier alpha value is -1.46. The Kier molecular flexibility index (Phi) is 3.72. The molecule has 0 radical (unpaired) electrons. The number of fused-ring (bicyclic) bond motifs is 1. The summed E-state index contributed by atoms with van der Waals surface area (Å²) in [5.74, 6) is 1.90. The van der Waals surface area contributed by atoms with Crippen molar-refractivity contribution in [1.82, 2.24) is 9.97 Å². The summed E-state index contributed by atoms with van der Waals surface area (Å²) in [5, 5.41) is 2.27. The quantitative estimate of drug-likeness (QED) is 0.557. The van der Waals surface area contributed by atoms with E-state index in [9.17, 15) is 0 Å². The van der Waals surface area contributed by atoms with E-state index in [0.29, 0.717) is 16.3 Å². The van der Waals surface area contributed by atoms with E-state index in [1.807, 2.05) is 37.3 Å². The fourth-order valence-electron chi connectivity index (χ4n) is 1.96. The molecule has 20 heavy (non-hydrogen) atoms. The fourth-order valence-corrected chi connectivity index (χ4v) is 2.99. The molecular weight excluding hydrogens is 384 g/mol. The highest BCUT2D eigenvalue weighted by atomic mass is 79.9. The van der Waals surface area contributed by atoms with E-state index < -0.39 is 0 Å². The van der Waals surface area contributed by atoms with Gasteiger partial charge in [-0.15, -0.1) is 0 Å². The Balaban J connectivity index is 2.04. The van der Waals surface area contributed by atoms with Crippen molar-refractivity contribution in [3.05, 3.63) is 57.4 Å². The van der Waals surface area contributed by atoms with E-state index in [4.69, 9.17) is 4.74 Å². The van der Waals surface area contributed by atoms with Gasteiger partial charge in [-0.2, -0.15) is 4.98 Å². The molecule has 3 nitrogen and oxygen atoms in total. The molecule has 1 heterocycles. The molecule has 0 bridgehead atoms. The largest absolute Gasteiger partial charge is 0.438 e. The lowest BCUT2D eigenvalue weighted by atomic mass is 10.1. The molecule has 0 spiro atoms. The zero-order chi connectivity index (χ0) is 14.1. The highest BCUT2D eigenvalue weighted by Gasteiger charge is 2.09. The van der Waals surface area contributed by atoms with E-state index >= 15 is 0 Å². The number of hydrogen-bond donors (Lipinski definition) is 0. The van der Waals surface area contributed by atoms with Crippen LogP contribution in [-0.2, 0) is 0 Å². The van der Waals surface area contributed by atoms with Gasteiger partial charge in [-0.3, -0.25) is 0 Å². The molecule has 0 unspecified atom stereocenters. The van der Waals surface area contributed by atoms with Gasteiger partial charge in [0, 0.05) is 6.07 Å².